The van der Waals surface area contributed by atoms with Gasteiger partial charge in [-0.3, -0.25) is 0 Å². The minimum Gasteiger partial charge on any atom is -0.374 e. The molecule has 0 aromatic heterocycles. The van der Waals surface area contributed by atoms with Gasteiger partial charge in [-0.15, -0.1) is 0 Å². The highest BCUT2D eigenvalue weighted by Gasteiger charge is 2.29. The van der Waals surface area contributed by atoms with Crippen molar-refractivity contribution >= 4 is 0 Å². The van der Waals surface area contributed by atoms with Crippen LogP contribution in [0.5, 0.6) is 0 Å². The van der Waals surface area contributed by atoms with Gasteiger partial charge in [-0.1, -0.05) is 20.8 Å². The number of nitrogens with one attached hydrogen (secondary N) is 1. The highest BCUT2D eigenvalue weighted by molar-refractivity contribution is 4.83. The molecule has 0 spiro atoms. The third-order valence-electron chi connectivity index (χ3n) is 4.34. The molecular formula is C15H29NO. The number of rotatable bonds is 6. The molecule has 2 fully saturated rings. The van der Waals surface area contributed by atoms with E-state index in [9.17, 15) is 0 Å². The van der Waals surface area contributed by atoms with E-state index in [4.69, 9.17) is 4.74 Å². The first-order chi connectivity index (χ1) is 8.09. The molecule has 0 aliphatic heterocycles. The van der Waals surface area contributed by atoms with Gasteiger partial charge in [-0.25, -0.2) is 0 Å². The molecule has 0 saturated heterocycles. The molecule has 2 rings (SSSR count). The molecule has 0 heterocycles. The number of hydrogen-bond donors (Lipinski definition) is 1. The van der Waals surface area contributed by atoms with Crippen LogP contribution in [0.1, 0.15) is 65.7 Å². The summed E-state index contributed by atoms with van der Waals surface area (Å²) >= 11 is 0. The molecule has 2 aliphatic rings. The SMILES string of the molecule is CCC(CNC1CC1)OC1CCC(C)(C)CC1. The largest absolute Gasteiger partial charge is 0.374 e. The summed E-state index contributed by atoms with van der Waals surface area (Å²) in [5.74, 6) is 0. The van der Waals surface area contributed by atoms with Gasteiger partial charge < -0.3 is 10.1 Å². The van der Waals surface area contributed by atoms with Gasteiger partial charge in [-0.2, -0.15) is 0 Å². The molecule has 0 aromatic rings. The number of hydrogen-bond acceptors (Lipinski definition) is 2. The highest BCUT2D eigenvalue weighted by atomic mass is 16.5. The third kappa shape index (κ3) is 4.59. The van der Waals surface area contributed by atoms with Crippen LogP contribution in [0.3, 0.4) is 0 Å². The Labute approximate surface area is 107 Å². The smallest absolute Gasteiger partial charge is 0.0700 e. The van der Waals surface area contributed by atoms with Crippen molar-refractivity contribution in [1.29, 1.82) is 0 Å². The van der Waals surface area contributed by atoms with Gasteiger partial charge in [0.2, 0.25) is 0 Å². The molecule has 2 heteroatoms. The van der Waals surface area contributed by atoms with Crippen molar-refractivity contribution in [2.75, 3.05) is 6.54 Å². The lowest BCUT2D eigenvalue weighted by Gasteiger charge is -2.35. The summed E-state index contributed by atoms with van der Waals surface area (Å²) in [5.41, 5.74) is 0.549. The molecule has 0 aromatic carbocycles. The van der Waals surface area contributed by atoms with Crippen molar-refractivity contribution in [1.82, 2.24) is 5.32 Å². The van der Waals surface area contributed by atoms with Crippen LogP contribution in [0.4, 0.5) is 0 Å². The zero-order valence-corrected chi connectivity index (χ0v) is 11.8. The predicted octanol–water partition coefficient (Wildman–Crippen LogP) is 3.50. The summed E-state index contributed by atoms with van der Waals surface area (Å²) in [6.45, 7) is 8.07. The second-order valence-electron chi connectivity index (χ2n) is 6.71. The maximum atomic E-state index is 6.25. The van der Waals surface area contributed by atoms with E-state index >= 15 is 0 Å². The summed E-state index contributed by atoms with van der Waals surface area (Å²) in [7, 11) is 0. The predicted molar refractivity (Wildman–Crippen MR) is 72.2 cm³/mol. The van der Waals surface area contributed by atoms with E-state index in [1.165, 1.54) is 38.5 Å². The van der Waals surface area contributed by atoms with Gasteiger partial charge in [-0.05, 0) is 50.4 Å². The average Bonchev–Trinajstić information content (AvgIpc) is 3.10. The van der Waals surface area contributed by atoms with E-state index < -0.39 is 0 Å². The van der Waals surface area contributed by atoms with Crippen LogP contribution in [0.2, 0.25) is 0 Å². The fraction of sp³-hybridized carbons (Fsp3) is 1.00. The fourth-order valence-electron chi connectivity index (χ4n) is 2.66. The van der Waals surface area contributed by atoms with Gasteiger partial charge in [0, 0.05) is 12.6 Å². The summed E-state index contributed by atoms with van der Waals surface area (Å²) < 4.78 is 6.25. The average molecular weight is 239 g/mol. The van der Waals surface area contributed by atoms with E-state index in [1.807, 2.05) is 0 Å². The van der Waals surface area contributed by atoms with E-state index in [2.05, 4.69) is 26.1 Å². The molecule has 2 saturated carbocycles. The Morgan fingerprint density at radius 3 is 2.35 bits per heavy atom. The highest BCUT2D eigenvalue weighted by Crippen LogP contribution is 2.36. The first kappa shape index (κ1) is 13.4. The molecule has 2 aliphatic carbocycles. The van der Waals surface area contributed by atoms with Crippen LogP contribution in [-0.4, -0.2) is 24.8 Å². The van der Waals surface area contributed by atoms with Crippen molar-refractivity contribution in [3.05, 3.63) is 0 Å². The first-order valence-corrected chi connectivity index (χ1v) is 7.48. The van der Waals surface area contributed by atoms with E-state index in [0.29, 0.717) is 17.6 Å². The molecule has 100 valence electrons. The second kappa shape index (κ2) is 5.71. The maximum absolute atomic E-state index is 6.25. The molecule has 1 N–H and O–H groups in total. The minimum atomic E-state index is 0.432. The van der Waals surface area contributed by atoms with Gasteiger partial charge in [0.25, 0.3) is 0 Å². The summed E-state index contributed by atoms with van der Waals surface area (Å²) in [6, 6.07) is 0.804. The molecule has 0 amide bonds. The molecular weight excluding hydrogens is 210 g/mol. The third-order valence-corrected chi connectivity index (χ3v) is 4.34. The van der Waals surface area contributed by atoms with E-state index in [-0.39, 0.29) is 0 Å². The lowest BCUT2D eigenvalue weighted by atomic mass is 9.76. The Balaban J connectivity index is 1.67. The van der Waals surface area contributed by atoms with Crippen LogP contribution in [0.15, 0.2) is 0 Å². The lowest BCUT2D eigenvalue weighted by Crippen LogP contribution is -2.35. The number of ether oxygens (including phenoxy) is 1. The molecule has 2 nitrogen and oxygen atoms in total. The summed E-state index contributed by atoms with van der Waals surface area (Å²) in [5, 5.41) is 3.59. The van der Waals surface area contributed by atoms with Crippen molar-refractivity contribution in [2.45, 2.75) is 84.0 Å². The zero-order chi connectivity index (χ0) is 12.3. The van der Waals surface area contributed by atoms with E-state index in [0.717, 1.165) is 19.0 Å². The van der Waals surface area contributed by atoms with Crippen molar-refractivity contribution in [3.8, 4) is 0 Å². The molecule has 17 heavy (non-hydrogen) atoms. The van der Waals surface area contributed by atoms with E-state index in [1.54, 1.807) is 0 Å². The van der Waals surface area contributed by atoms with Gasteiger partial charge in [0.15, 0.2) is 0 Å². The second-order valence-corrected chi connectivity index (χ2v) is 6.71. The monoisotopic (exact) mass is 239 g/mol. The summed E-state index contributed by atoms with van der Waals surface area (Å²) in [6.07, 6.45) is 9.99. The maximum Gasteiger partial charge on any atom is 0.0700 e. The first-order valence-electron chi connectivity index (χ1n) is 7.48. The normalized spacial score (nSPS) is 27.0. The Bertz CT molecular complexity index is 222. The standard InChI is InChI=1S/C15H29NO/c1-4-13(11-16-12-5-6-12)17-14-7-9-15(2,3)10-8-14/h12-14,16H,4-11H2,1-3H3. The topological polar surface area (TPSA) is 21.3 Å². The van der Waals surface area contributed by atoms with Crippen LogP contribution < -0.4 is 5.32 Å². The molecule has 0 radical (unpaired) electrons. The van der Waals surface area contributed by atoms with Crippen LogP contribution in [0.25, 0.3) is 0 Å². The fourth-order valence-corrected chi connectivity index (χ4v) is 2.66. The molecule has 1 atom stereocenters. The Hall–Kier alpha value is -0.0800. The van der Waals surface area contributed by atoms with Gasteiger partial charge >= 0.3 is 0 Å². The minimum absolute atomic E-state index is 0.432. The Kier molecular flexibility index (Phi) is 4.48. The Morgan fingerprint density at radius 1 is 1.18 bits per heavy atom. The van der Waals surface area contributed by atoms with Crippen LogP contribution >= 0.6 is 0 Å². The lowest BCUT2D eigenvalue weighted by molar-refractivity contribution is -0.0455. The Morgan fingerprint density at radius 2 is 1.82 bits per heavy atom. The molecule has 0 bridgehead atoms. The zero-order valence-electron chi connectivity index (χ0n) is 11.8. The molecule has 1 unspecified atom stereocenters. The van der Waals surface area contributed by atoms with Gasteiger partial charge in [0.1, 0.15) is 0 Å². The summed E-state index contributed by atoms with van der Waals surface area (Å²) in [4.78, 5) is 0. The van der Waals surface area contributed by atoms with Crippen LogP contribution in [0, 0.1) is 5.41 Å². The van der Waals surface area contributed by atoms with Crippen molar-refractivity contribution < 1.29 is 4.74 Å². The van der Waals surface area contributed by atoms with Crippen molar-refractivity contribution in [2.24, 2.45) is 5.41 Å². The van der Waals surface area contributed by atoms with Crippen LogP contribution in [-0.2, 0) is 4.74 Å². The van der Waals surface area contributed by atoms with Gasteiger partial charge in [0.05, 0.1) is 12.2 Å². The quantitative estimate of drug-likeness (QED) is 0.766. The van der Waals surface area contributed by atoms with Crippen molar-refractivity contribution in [3.63, 3.8) is 0 Å².